The highest BCUT2D eigenvalue weighted by molar-refractivity contribution is 5.43. The largest absolute Gasteiger partial charge is 0.395 e. The summed E-state index contributed by atoms with van der Waals surface area (Å²) in [6.45, 7) is 1.10. The molecule has 0 saturated carbocycles. The second kappa shape index (κ2) is 10.0. The van der Waals surface area contributed by atoms with Crippen molar-refractivity contribution in [2.75, 3.05) is 70.2 Å². The van der Waals surface area contributed by atoms with Gasteiger partial charge in [0.1, 0.15) is 20.2 Å². The van der Waals surface area contributed by atoms with E-state index in [2.05, 4.69) is 25.6 Å². The molecule has 0 fully saturated rings. The third-order valence-corrected chi connectivity index (χ3v) is 2.25. The first-order valence-electron chi connectivity index (χ1n) is 6.31. The minimum Gasteiger partial charge on any atom is -0.395 e. The Hall–Kier alpha value is -1.75. The Labute approximate surface area is 123 Å². The molecule has 0 saturated heterocycles. The highest BCUT2D eigenvalue weighted by Crippen LogP contribution is 2.13. The molecule has 10 nitrogen and oxygen atoms in total. The van der Waals surface area contributed by atoms with Gasteiger partial charge in [0.2, 0.25) is 17.8 Å². The zero-order chi connectivity index (χ0) is 15.5. The first-order chi connectivity index (χ1) is 10.2. The van der Waals surface area contributed by atoms with Gasteiger partial charge in [-0.05, 0) is 0 Å². The Kier molecular flexibility index (Phi) is 8.28. The van der Waals surface area contributed by atoms with Crippen LogP contribution in [0.1, 0.15) is 0 Å². The van der Waals surface area contributed by atoms with E-state index in [1.807, 2.05) is 0 Å². The highest BCUT2D eigenvalue weighted by Gasteiger charge is 2.13. The Morgan fingerprint density at radius 3 is 2.10 bits per heavy atom. The summed E-state index contributed by atoms with van der Waals surface area (Å²) in [6.07, 6.45) is 0. The smallest absolute Gasteiger partial charge is 0.235 e. The van der Waals surface area contributed by atoms with E-state index in [0.717, 1.165) is 0 Å². The molecular formula is C11H22N6O4. The number of nitrogens with one attached hydrogen (secondary N) is 2. The SMILES string of the molecule is COCNc1nc(NCCO)nc(N(COC)COC)n1. The molecule has 0 amide bonds. The van der Waals surface area contributed by atoms with Crippen molar-refractivity contribution in [2.45, 2.75) is 0 Å². The Bertz CT molecular complexity index is 376. The van der Waals surface area contributed by atoms with Gasteiger partial charge in [-0.3, -0.25) is 4.90 Å². The minimum atomic E-state index is -0.0261. The van der Waals surface area contributed by atoms with E-state index in [1.165, 1.54) is 0 Å². The minimum absolute atomic E-state index is 0.0261. The van der Waals surface area contributed by atoms with Crippen LogP contribution in [0.2, 0.25) is 0 Å². The van der Waals surface area contributed by atoms with Crippen molar-refractivity contribution in [3.05, 3.63) is 0 Å². The molecule has 3 N–H and O–H groups in total. The molecule has 0 atom stereocenters. The normalized spacial score (nSPS) is 10.5. The van der Waals surface area contributed by atoms with Crippen LogP contribution in [0.3, 0.4) is 0 Å². The predicted octanol–water partition coefficient (Wildman–Crippen LogP) is -0.694. The third kappa shape index (κ3) is 6.04. The van der Waals surface area contributed by atoms with Gasteiger partial charge < -0.3 is 30.0 Å². The fourth-order valence-corrected chi connectivity index (χ4v) is 1.43. The molecule has 0 radical (unpaired) electrons. The van der Waals surface area contributed by atoms with Crippen molar-refractivity contribution < 1.29 is 19.3 Å². The number of methoxy groups -OCH3 is 3. The topological polar surface area (TPSA) is 114 Å². The van der Waals surface area contributed by atoms with Crippen LogP contribution >= 0.6 is 0 Å². The first-order valence-corrected chi connectivity index (χ1v) is 6.31. The first kappa shape index (κ1) is 17.3. The van der Waals surface area contributed by atoms with Crippen LogP contribution < -0.4 is 15.5 Å². The Morgan fingerprint density at radius 2 is 1.57 bits per heavy atom. The molecule has 0 bridgehead atoms. The average Bonchev–Trinajstić information content (AvgIpc) is 2.50. The predicted molar refractivity (Wildman–Crippen MR) is 77.1 cm³/mol. The maximum atomic E-state index is 8.87. The van der Waals surface area contributed by atoms with Crippen LogP contribution in [0.5, 0.6) is 0 Å². The molecule has 1 aromatic rings. The summed E-state index contributed by atoms with van der Waals surface area (Å²) < 4.78 is 15.1. The van der Waals surface area contributed by atoms with E-state index < -0.39 is 0 Å². The lowest BCUT2D eigenvalue weighted by Gasteiger charge is -2.21. The second-order valence-electron chi connectivity index (χ2n) is 3.92. The van der Waals surface area contributed by atoms with Crippen molar-refractivity contribution in [1.82, 2.24) is 15.0 Å². The zero-order valence-electron chi connectivity index (χ0n) is 12.5. The number of hydrogen-bond donors (Lipinski definition) is 3. The number of aliphatic hydroxyl groups excluding tert-OH is 1. The van der Waals surface area contributed by atoms with Gasteiger partial charge in [0, 0.05) is 27.9 Å². The number of aliphatic hydroxyl groups is 1. The van der Waals surface area contributed by atoms with Gasteiger partial charge in [-0.2, -0.15) is 15.0 Å². The molecule has 120 valence electrons. The number of hydrogen-bond acceptors (Lipinski definition) is 10. The number of nitrogens with zero attached hydrogens (tertiary/aromatic N) is 4. The number of anilines is 3. The molecule has 0 aliphatic rings. The number of rotatable bonds is 11. The lowest BCUT2D eigenvalue weighted by atomic mass is 10.6. The van der Waals surface area contributed by atoms with E-state index in [9.17, 15) is 0 Å². The van der Waals surface area contributed by atoms with Crippen molar-refractivity contribution in [1.29, 1.82) is 0 Å². The van der Waals surface area contributed by atoms with Gasteiger partial charge in [0.05, 0.1) is 6.61 Å². The van der Waals surface area contributed by atoms with E-state index in [-0.39, 0.29) is 26.8 Å². The van der Waals surface area contributed by atoms with Crippen LogP contribution in [-0.2, 0) is 14.2 Å². The number of aromatic nitrogens is 3. The van der Waals surface area contributed by atoms with E-state index in [0.29, 0.717) is 24.4 Å². The van der Waals surface area contributed by atoms with Crippen molar-refractivity contribution in [2.24, 2.45) is 0 Å². The monoisotopic (exact) mass is 302 g/mol. The van der Waals surface area contributed by atoms with E-state index in [4.69, 9.17) is 19.3 Å². The van der Waals surface area contributed by atoms with Crippen LogP contribution in [0.15, 0.2) is 0 Å². The van der Waals surface area contributed by atoms with Crippen LogP contribution in [0.4, 0.5) is 17.8 Å². The molecule has 0 aliphatic heterocycles. The van der Waals surface area contributed by atoms with Gasteiger partial charge >= 0.3 is 0 Å². The second-order valence-corrected chi connectivity index (χ2v) is 3.92. The van der Waals surface area contributed by atoms with Gasteiger partial charge in [0.25, 0.3) is 0 Å². The van der Waals surface area contributed by atoms with Crippen molar-refractivity contribution >= 4 is 17.8 Å². The van der Waals surface area contributed by atoms with Crippen LogP contribution in [0, 0.1) is 0 Å². The highest BCUT2D eigenvalue weighted by atomic mass is 16.5. The van der Waals surface area contributed by atoms with Gasteiger partial charge in [-0.15, -0.1) is 0 Å². The van der Waals surface area contributed by atoms with Gasteiger partial charge in [0.15, 0.2) is 0 Å². The zero-order valence-corrected chi connectivity index (χ0v) is 12.5. The lowest BCUT2D eigenvalue weighted by Crippen LogP contribution is -2.30. The molecule has 21 heavy (non-hydrogen) atoms. The molecule has 10 heteroatoms. The molecule has 0 aliphatic carbocycles. The molecule has 0 spiro atoms. The fraction of sp³-hybridized carbons (Fsp3) is 0.727. The van der Waals surface area contributed by atoms with Crippen molar-refractivity contribution in [3.8, 4) is 0 Å². The van der Waals surface area contributed by atoms with Crippen molar-refractivity contribution in [3.63, 3.8) is 0 Å². The molecule has 1 heterocycles. The van der Waals surface area contributed by atoms with E-state index >= 15 is 0 Å². The summed E-state index contributed by atoms with van der Waals surface area (Å²) >= 11 is 0. The quantitative estimate of drug-likeness (QED) is 0.454. The summed E-state index contributed by atoms with van der Waals surface area (Å²) in [5.41, 5.74) is 0. The maximum absolute atomic E-state index is 8.87. The van der Waals surface area contributed by atoms with E-state index in [1.54, 1.807) is 26.2 Å². The van der Waals surface area contributed by atoms with Crippen LogP contribution in [-0.4, -0.2) is 74.7 Å². The standard InChI is InChI=1S/C11H22N6O4/c1-19-6-13-10-14-9(12-4-5-18)15-11(16-10)17(7-20-2)8-21-3/h18H,4-8H2,1-3H3,(H2,12,13,14,15,16). The summed E-state index contributed by atoms with van der Waals surface area (Å²) in [5, 5.41) is 14.7. The van der Waals surface area contributed by atoms with Crippen LogP contribution in [0.25, 0.3) is 0 Å². The summed E-state index contributed by atoms with van der Waals surface area (Å²) in [7, 11) is 4.69. The Morgan fingerprint density at radius 1 is 0.952 bits per heavy atom. The average molecular weight is 302 g/mol. The summed E-state index contributed by atoms with van der Waals surface area (Å²) in [5.74, 6) is 1.07. The summed E-state index contributed by atoms with van der Waals surface area (Å²) in [6, 6.07) is 0. The fourth-order valence-electron chi connectivity index (χ4n) is 1.43. The molecule has 0 unspecified atom stereocenters. The van der Waals surface area contributed by atoms with Gasteiger partial charge in [-0.1, -0.05) is 0 Å². The molecule has 1 aromatic heterocycles. The van der Waals surface area contributed by atoms with Gasteiger partial charge in [-0.25, -0.2) is 0 Å². The Balaban J connectivity index is 2.96. The number of ether oxygens (including phenoxy) is 3. The molecule has 0 aromatic carbocycles. The lowest BCUT2D eigenvalue weighted by molar-refractivity contribution is 0.139. The molecule has 1 rings (SSSR count). The maximum Gasteiger partial charge on any atom is 0.235 e. The third-order valence-electron chi connectivity index (χ3n) is 2.25. The molecular weight excluding hydrogens is 280 g/mol. The summed E-state index contributed by atoms with van der Waals surface area (Å²) in [4.78, 5) is 14.4.